The summed E-state index contributed by atoms with van der Waals surface area (Å²) >= 11 is 7.42. The molecule has 0 aliphatic rings. The lowest BCUT2D eigenvalue weighted by Gasteiger charge is -2.10. The number of fused-ring (bicyclic) bond motifs is 1. The number of nitriles is 1. The number of hydrogen-bond donors (Lipinski definition) is 0. The summed E-state index contributed by atoms with van der Waals surface area (Å²) in [6.45, 7) is 2.37. The normalized spacial score (nSPS) is 10.7. The van der Waals surface area contributed by atoms with Gasteiger partial charge in [0, 0.05) is 16.8 Å². The summed E-state index contributed by atoms with van der Waals surface area (Å²) in [5, 5.41) is 9.13. The molecule has 0 atom stereocenters. The second kappa shape index (κ2) is 5.32. The van der Waals surface area contributed by atoms with E-state index in [1.807, 2.05) is 41.8 Å². The van der Waals surface area contributed by atoms with Gasteiger partial charge < -0.3 is 4.57 Å². The SMILES string of the molecule is Cc1ccc2c(n1)c(=O)c(C#N)cn2Cc1ccc(Cl)s1. The van der Waals surface area contributed by atoms with E-state index in [9.17, 15) is 4.79 Å². The molecule has 0 amide bonds. The number of halogens is 1. The Kier molecular flexibility index (Phi) is 3.50. The van der Waals surface area contributed by atoms with Crippen LogP contribution in [-0.4, -0.2) is 9.55 Å². The summed E-state index contributed by atoms with van der Waals surface area (Å²) in [4.78, 5) is 17.5. The minimum atomic E-state index is -0.323. The molecule has 0 unspecified atom stereocenters. The van der Waals surface area contributed by atoms with Crippen molar-refractivity contribution in [1.29, 1.82) is 5.26 Å². The summed E-state index contributed by atoms with van der Waals surface area (Å²) in [6, 6.07) is 9.42. The van der Waals surface area contributed by atoms with Gasteiger partial charge in [-0.15, -0.1) is 11.3 Å². The lowest BCUT2D eigenvalue weighted by molar-refractivity contribution is 0.834. The molecule has 3 aromatic rings. The third-order valence-electron chi connectivity index (χ3n) is 3.14. The molecule has 104 valence electrons. The van der Waals surface area contributed by atoms with Gasteiger partial charge in [-0.2, -0.15) is 5.26 Å². The van der Waals surface area contributed by atoms with Crippen LogP contribution in [0.3, 0.4) is 0 Å². The van der Waals surface area contributed by atoms with E-state index in [1.54, 1.807) is 6.20 Å². The van der Waals surface area contributed by atoms with Gasteiger partial charge in [0.2, 0.25) is 5.43 Å². The highest BCUT2D eigenvalue weighted by atomic mass is 35.5. The first-order chi connectivity index (χ1) is 10.1. The van der Waals surface area contributed by atoms with Crippen LogP contribution < -0.4 is 5.43 Å². The van der Waals surface area contributed by atoms with E-state index in [1.165, 1.54) is 11.3 Å². The Labute approximate surface area is 129 Å². The van der Waals surface area contributed by atoms with Gasteiger partial charge in [0.1, 0.15) is 17.1 Å². The molecule has 0 aliphatic carbocycles. The maximum absolute atomic E-state index is 12.2. The molecule has 6 heteroatoms. The minimum Gasteiger partial charge on any atom is -0.339 e. The summed E-state index contributed by atoms with van der Waals surface area (Å²) in [5.41, 5.74) is 1.58. The van der Waals surface area contributed by atoms with E-state index in [2.05, 4.69) is 4.98 Å². The van der Waals surface area contributed by atoms with Crippen LogP contribution in [-0.2, 0) is 6.54 Å². The molecule has 0 aromatic carbocycles. The topological polar surface area (TPSA) is 58.7 Å². The third kappa shape index (κ3) is 2.56. The molecular formula is C15H10ClN3OS. The first-order valence-electron chi connectivity index (χ1n) is 6.23. The fourth-order valence-electron chi connectivity index (χ4n) is 2.17. The highest BCUT2D eigenvalue weighted by Gasteiger charge is 2.11. The molecular weight excluding hydrogens is 306 g/mol. The Morgan fingerprint density at radius 3 is 2.86 bits per heavy atom. The smallest absolute Gasteiger partial charge is 0.225 e. The quantitative estimate of drug-likeness (QED) is 0.728. The van der Waals surface area contributed by atoms with Crippen molar-refractivity contribution >= 4 is 34.0 Å². The molecule has 0 N–H and O–H groups in total. The number of aromatic nitrogens is 2. The molecule has 0 fully saturated rings. The molecule has 4 nitrogen and oxygen atoms in total. The summed E-state index contributed by atoms with van der Waals surface area (Å²) in [5.74, 6) is 0. The van der Waals surface area contributed by atoms with Gasteiger partial charge >= 0.3 is 0 Å². The van der Waals surface area contributed by atoms with E-state index in [0.717, 1.165) is 10.6 Å². The zero-order valence-corrected chi connectivity index (χ0v) is 12.7. The first-order valence-corrected chi connectivity index (χ1v) is 7.43. The fourth-order valence-corrected chi connectivity index (χ4v) is 3.26. The van der Waals surface area contributed by atoms with Crippen LogP contribution in [0.2, 0.25) is 4.34 Å². The van der Waals surface area contributed by atoms with Crippen LogP contribution in [0.25, 0.3) is 11.0 Å². The minimum absolute atomic E-state index is 0.100. The van der Waals surface area contributed by atoms with Crippen LogP contribution in [0.1, 0.15) is 16.1 Å². The van der Waals surface area contributed by atoms with Gasteiger partial charge in [-0.25, -0.2) is 4.98 Å². The molecule has 3 aromatic heterocycles. The molecule has 0 saturated carbocycles. The summed E-state index contributed by atoms with van der Waals surface area (Å²) < 4.78 is 2.58. The number of aryl methyl sites for hydroxylation is 1. The summed E-state index contributed by atoms with van der Waals surface area (Å²) in [7, 11) is 0. The largest absolute Gasteiger partial charge is 0.339 e. The Hall–Kier alpha value is -2.16. The monoisotopic (exact) mass is 315 g/mol. The van der Waals surface area contributed by atoms with Gasteiger partial charge in [-0.3, -0.25) is 4.79 Å². The molecule has 3 rings (SSSR count). The number of thiophene rings is 1. The number of pyridine rings is 2. The molecule has 3 heterocycles. The van der Waals surface area contributed by atoms with Crippen molar-refractivity contribution in [2.24, 2.45) is 0 Å². The van der Waals surface area contributed by atoms with E-state index >= 15 is 0 Å². The van der Waals surface area contributed by atoms with Gasteiger partial charge in [0.15, 0.2) is 0 Å². The fraction of sp³-hybridized carbons (Fsp3) is 0.133. The lowest BCUT2D eigenvalue weighted by atomic mass is 10.2. The lowest BCUT2D eigenvalue weighted by Crippen LogP contribution is -2.14. The van der Waals surface area contributed by atoms with Crippen molar-refractivity contribution in [2.75, 3.05) is 0 Å². The average Bonchev–Trinajstić information content (AvgIpc) is 2.87. The van der Waals surface area contributed by atoms with Crippen molar-refractivity contribution < 1.29 is 0 Å². The Morgan fingerprint density at radius 2 is 2.19 bits per heavy atom. The molecule has 0 radical (unpaired) electrons. The van der Waals surface area contributed by atoms with Crippen molar-refractivity contribution in [3.8, 4) is 6.07 Å². The van der Waals surface area contributed by atoms with Gasteiger partial charge in [-0.05, 0) is 31.2 Å². The van der Waals surface area contributed by atoms with Crippen LogP contribution in [0.15, 0.2) is 35.3 Å². The number of nitrogens with zero attached hydrogens (tertiary/aromatic N) is 3. The number of rotatable bonds is 2. The van der Waals surface area contributed by atoms with E-state index < -0.39 is 0 Å². The Morgan fingerprint density at radius 1 is 1.38 bits per heavy atom. The molecule has 0 bridgehead atoms. The average molecular weight is 316 g/mol. The Bertz CT molecular complexity index is 936. The Balaban J connectivity index is 2.24. The second-order valence-electron chi connectivity index (χ2n) is 4.64. The van der Waals surface area contributed by atoms with Crippen molar-refractivity contribution in [2.45, 2.75) is 13.5 Å². The van der Waals surface area contributed by atoms with Crippen LogP contribution in [0.4, 0.5) is 0 Å². The standard InChI is InChI=1S/C15H10ClN3OS/c1-9-2-4-12-14(18-9)15(20)10(6-17)7-19(12)8-11-3-5-13(16)21-11/h2-5,7H,8H2,1H3. The molecule has 21 heavy (non-hydrogen) atoms. The van der Waals surface area contributed by atoms with Gasteiger partial charge in [0.05, 0.1) is 16.4 Å². The molecule has 0 aliphatic heterocycles. The summed E-state index contributed by atoms with van der Waals surface area (Å²) in [6.07, 6.45) is 1.58. The van der Waals surface area contributed by atoms with Crippen molar-refractivity contribution in [3.63, 3.8) is 0 Å². The predicted octanol–water partition coefficient (Wildman–Crippen LogP) is 3.34. The zero-order chi connectivity index (χ0) is 15.0. The molecule has 0 saturated heterocycles. The first kappa shape index (κ1) is 13.8. The maximum Gasteiger partial charge on any atom is 0.225 e. The van der Waals surface area contributed by atoms with Crippen LogP contribution in [0, 0.1) is 18.3 Å². The van der Waals surface area contributed by atoms with Crippen molar-refractivity contribution in [3.05, 3.63) is 61.2 Å². The predicted molar refractivity (Wildman–Crippen MR) is 83.9 cm³/mol. The van der Waals surface area contributed by atoms with Crippen LogP contribution in [0.5, 0.6) is 0 Å². The molecule has 0 spiro atoms. The van der Waals surface area contributed by atoms with Crippen LogP contribution >= 0.6 is 22.9 Å². The number of hydrogen-bond acceptors (Lipinski definition) is 4. The van der Waals surface area contributed by atoms with Gasteiger partial charge in [0.25, 0.3) is 0 Å². The van der Waals surface area contributed by atoms with E-state index in [-0.39, 0.29) is 11.0 Å². The highest BCUT2D eigenvalue weighted by molar-refractivity contribution is 7.16. The second-order valence-corrected chi connectivity index (χ2v) is 6.44. The highest BCUT2D eigenvalue weighted by Crippen LogP contribution is 2.23. The van der Waals surface area contributed by atoms with E-state index in [0.29, 0.717) is 21.9 Å². The van der Waals surface area contributed by atoms with Crippen molar-refractivity contribution in [1.82, 2.24) is 9.55 Å². The maximum atomic E-state index is 12.2. The zero-order valence-electron chi connectivity index (χ0n) is 11.1. The van der Waals surface area contributed by atoms with E-state index in [4.69, 9.17) is 16.9 Å². The van der Waals surface area contributed by atoms with Gasteiger partial charge in [-0.1, -0.05) is 11.6 Å². The third-order valence-corrected chi connectivity index (χ3v) is 4.36.